The first-order valence-electron chi connectivity index (χ1n) is 6.93. The highest BCUT2D eigenvalue weighted by atomic mass is 79.9. The molecule has 2 heterocycles. The lowest BCUT2D eigenvalue weighted by Gasteiger charge is -2.13. The number of halogens is 1. The molecule has 0 aliphatic heterocycles. The summed E-state index contributed by atoms with van der Waals surface area (Å²) in [5, 5.41) is 0. The van der Waals surface area contributed by atoms with Gasteiger partial charge >= 0.3 is 0 Å². The van der Waals surface area contributed by atoms with Gasteiger partial charge in [-0.05, 0) is 44.2 Å². The van der Waals surface area contributed by atoms with Crippen LogP contribution in [0.25, 0.3) is 22.4 Å². The van der Waals surface area contributed by atoms with Crippen LogP contribution in [0.15, 0.2) is 41.0 Å². The van der Waals surface area contributed by atoms with Gasteiger partial charge in [0.05, 0.1) is 16.7 Å². The van der Waals surface area contributed by atoms with Crippen molar-refractivity contribution in [3.05, 3.63) is 46.7 Å². The number of pyridine rings is 1. The van der Waals surface area contributed by atoms with Gasteiger partial charge in [-0.15, -0.1) is 0 Å². The van der Waals surface area contributed by atoms with Crippen LogP contribution in [-0.2, 0) is 6.54 Å². The Balaban J connectivity index is 2.27. The molecule has 3 aromatic rings. The zero-order valence-corrected chi connectivity index (χ0v) is 13.6. The first-order valence-corrected chi connectivity index (χ1v) is 7.72. The van der Waals surface area contributed by atoms with E-state index >= 15 is 0 Å². The van der Waals surface area contributed by atoms with Gasteiger partial charge in [-0.3, -0.25) is 4.98 Å². The third kappa shape index (κ3) is 2.59. The summed E-state index contributed by atoms with van der Waals surface area (Å²) in [4.78, 5) is 9.06. The average molecular weight is 345 g/mol. The molecule has 0 saturated heterocycles. The maximum atomic E-state index is 5.69. The molecule has 0 saturated carbocycles. The zero-order valence-electron chi connectivity index (χ0n) is 12.0. The molecule has 0 aliphatic carbocycles. The van der Waals surface area contributed by atoms with E-state index in [1.165, 1.54) is 0 Å². The Bertz CT molecular complexity index is 792. The molecular weight excluding hydrogens is 328 g/mol. The van der Waals surface area contributed by atoms with E-state index in [0.29, 0.717) is 12.6 Å². The molecule has 4 nitrogen and oxygen atoms in total. The average Bonchev–Trinajstić information content (AvgIpc) is 2.85. The van der Waals surface area contributed by atoms with Crippen LogP contribution in [0.3, 0.4) is 0 Å². The smallest absolute Gasteiger partial charge is 0.141 e. The van der Waals surface area contributed by atoms with Gasteiger partial charge in [0.15, 0.2) is 0 Å². The lowest BCUT2D eigenvalue weighted by molar-refractivity contribution is 0.624. The highest BCUT2D eigenvalue weighted by Gasteiger charge is 2.15. The largest absolute Gasteiger partial charge is 0.325 e. The van der Waals surface area contributed by atoms with Crippen LogP contribution in [0.1, 0.15) is 25.6 Å². The summed E-state index contributed by atoms with van der Waals surface area (Å²) in [5.74, 6) is 0.954. The van der Waals surface area contributed by atoms with Crippen molar-refractivity contribution in [2.24, 2.45) is 5.73 Å². The number of benzene rings is 1. The quantitative estimate of drug-likeness (QED) is 0.783. The summed E-state index contributed by atoms with van der Waals surface area (Å²) in [6.45, 7) is 4.76. The molecule has 108 valence electrons. The van der Waals surface area contributed by atoms with Crippen LogP contribution in [0, 0.1) is 0 Å². The molecule has 0 aliphatic rings. The number of rotatable bonds is 3. The van der Waals surface area contributed by atoms with E-state index in [1.807, 2.05) is 24.3 Å². The van der Waals surface area contributed by atoms with Gasteiger partial charge in [0.2, 0.25) is 0 Å². The third-order valence-corrected chi connectivity index (χ3v) is 3.95. The van der Waals surface area contributed by atoms with E-state index in [9.17, 15) is 0 Å². The number of hydrogen-bond acceptors (Lipinski definition) is 3. The number of aromatic nitrogens is 3. The Morgan fingerprint density at radius 2 is 2.05 bits per heavy atom. The van der Waals surface area contributed by atoms with Crippen LogP contribution < -0.4 is 5.73 Å². The van der Waals surface area contributed by atoms with Crippen molar-refractivity contribution in [3.63, 3.8) is 0 Å². The molecule has 2 N–H and O–H groups in total. The first-order chi connectivity index (χ1) is 10.1. The Kier molecular flexibility index (Phi) is 3.78. The molecule has 0 unspecified atom stereocenters. The number of nitrogens with two attached hydrogens (primary N) is 1. The summed E-state index contributed by atoms with van der Waals surface area (Å²) in [6.07, 6.45) is 1.79. The number of nitrogens with zero attached hydrogens (tertiary/aromatic N) is 3. The van der Waals surface area contributed by atoms with Gasteiger partial charge in [0, 0.05) is 28.8 Å². The maximum Gasteiger partial charge on any atom is 0.141 e. The van der Waals surface area contributed by atoms with Crippen molar-refractivity contribution in [2.45, 2.75) is 26.4 Å². The van der Waals surface area contributed by atoms with Gasteiger partial charge in [-0.25, -0.2) is 4.98 Å². The Morgan fingerprint density at radius 3 is 2.76 bits per heavy atom. The molecule has 2 aromatic heterocycles. The molecule has 21 heavy (non-hydrogen) atoms. The fourth-order valence-corrected chi connectivity index (χ4v) is 2.88. The molecule has 5 heteroatoms. The topological polar surface area (TPSA) is 56.7 Å². The molecule has 3 rings (SSSR count). The van der Waals surface area contributed by atoms with Crippen molar-refractivity contribution in [2.75, 3.05) is 0 Å². The summed E-state index contributed by atoms with van der Waals surface area (Å²) in [7, 11) is 0. The minimum atomic E-state index is 0.320. The second-order valence-corrected chi connectivity index (χ2v) is 6.19. The lowest BCUT2D eigenvalue weighted by atomic mass is 10.2. The fourth-order valence-electron chi connectivity index (χ4n) is 2.53. The van der Waals surface area contributed by atoms with Crippen LogP contribution in [0.2, 0.25) is 0 Å². The fraction of sp³-hybridized carbons (Fsp3) is 0.250. The Morgan fingerprint density at radius 1 is 1.24 bits per heavy atom. The van der Waals surface area contributed by atoms with Crippen LogP contribution >= 0.6 is 15.9 Å². The highest BCUT2D eigenvalue weighted by molar-refractivity contribution is 9.10. The highest BCUT2D eigenvalue weighted by Crippen LogP contribution is 2.29. The van der Waals surface area contributed by atoms with Crippen molar-refractivity contribution in [3.8, 4) is 11.4 Å². The van der Waals surface area contributed by atoms with E-state index in [2.05, 4.69) is 45.4 Å². The zero-order chi connectivity index (χ0) is 15.0. The van der Waals surface area contributed by atoms with Crippen molar-refractivity contribution in [1.82, 2.24) is 14.5 Å². The van der Waals surface area contributed by atoms with Gasteiger partial charge in [0.1, 0.15) is 5.82 Å². The molecule has 0 spiro atoms. The van der Waals surface area contributed by atoms with E-state index < -0.39 is 0 Å². The first kappa shape index (κ1) is 14.2. The number of hydrogen-bond donors (Lipinski definition) is 1. The van der Waals surface area contributed by atoms with E-state index in [-0.39, 0.29) is 0 Å². The monoisotopic (exact) mass is 344 g/mol. The van der Waals surface area contributed by atoms with Crippen LogP contribution in [-0.4, -0.2) is 14.5 Å². The molecule has 0 bridgehead atoms. The van der Waals surface area contributed by atoms with Gasteiger partial charge < -0.3 is 10.3 Å². The van der Waals surface area contributed by atoms with Crippen LogP contribution in [0.4, 0.5) is 0 Å². The van der Waals surface area contributed by atoms with Gasteiger partial charge in [-0.1, -0.05) is 15.9 Å². The van der Waals surface area contributed by atoms with E-state index in [4.69, 9.17) is 10.7 Å². The summed E-state index contributed by atoms with van der Waals surface area (Å²) in [6, 6.07) is 10.5. The minimum absolute atomic E-state index is 0.320. The number of imidazole rings is 1. The normalized spacial score (nSPS) is 11.5. The van der Waals surface area contributed by atoms with Crippen molar-refractivity contribution >= 4 is 27.0 Å². The predicted molar refractivity (Wildman–Crippen MR) is 88.9 cm³/mol. The van der Waals surface area contributed by atoms with E-state index in [0.717, 1.165) is 32.6 Å². The summed E-state index contributed by atoms with van der Waals surface area (Å²) in [5.41, 5.74) is 9.73. The summed E-state index contributed by atoms with van der Waals surface area (Å²) < 4.78 is 3.28. The summed E-state index contributed by atoms with van der Waals surface area (Å²) >= 11 is 3.51. The molecule has 0 radical (unpaired) electrons. The second-order valence-electron chi connectivity index (χ2n) is 5.27. The lowest BCUT2D eigenvalue weighted by Crippen LogP contribution is -2.04. The van der Waals surface area contributed by atoms with Gasteiger partial charge in [0.25, 0.3) is 0 Å². The molecule has 0 fully saturated rings. The molecule has 0 atom stereocenters. The molecular formula is C16H17BrN4. The van der Waals surface area contributed by atoms with Crippen LogP contribution in [0.5, 0.6) is 0 Å². The van der Waals surface area contributed by atoms with Crippen molar-refractivity contribution < 1.29 is 0 Å². The standard InChI is InChI=1S/C16H17BrN4/c1-10(2)21-15-4-3-12(17)8-14(15)20-16(21)11-5-6-19-13(7-11)9-18/h3-8,10H,9,18H2,1-2H3. The Labute approximate surface area is 132 Å². The van der Waals surface area contributed by atoms with E-state index in [1.54, 1.807) is 6.20 Å². The maximum absolute atomic E-state index is 5.69. The third-order valence-electron chi connectivity index (χ3n) is 3.45. The van der Waals surface area contributed by atoms with Gasteiger partial charge in [-0.2, -0.15) is 0 Å². The predicted octanol–water partition coefficient (Wildman–Crippen LogP) is 3.90. The molecule has 1 aromatic carbocycles. The second kappa shape index (κ2) is 5.58. The number of fused-ring (bicyclic) bond motifs is 1. The molecule has 0 amide bonds. The minimum Gasteiger partial charge on any atom is -0.325 e. The van der Waals surface area contributed by atoms with Crippen molar-refractivity contribution in [1.29, 1.82) is 0 Å². The SMILES string of the molecule is CC(C)n1c(-c2ccnc(CN)c2)nc2cc(Br)ccc21. The Hall–Kier alpha value is -1.72.